The minimum atomic E-state index is -0.502. The Labute approximate surface area is 113 Å². The molecule has 1 aromatic rings. The predicted octanol–water partition coefficient (Wildman–Crippen LogP) is 0.332. The first-order chi connectivity index (χ1) is 9.00. The lowest BCUT2D eigenvalue weighted by molar-refractivity contribution is -0.120. The van der Waals surface area contributed by atoms with Crippen molar-refractivity contribution in [2.45, 2.75) is 38.8 Å². The fourth-order valence-corrected chi connectivity index (χ4v) is 2.61. The van der Waals surface area contributed by atoms with Crippen molar-refractivity contribution in [3.63, 3.8) is 0 Å². The Balaban J connectivity index is 2.12. The fourth-order valence-electron chi connectivity index (χ4n) is 2.61. The molecule has 1 aliphatic heterocycles. The molecule has 2 heterocycles. The minimum Gasteiger partial charge on any atom is -0.377 e. The van der Waals surface area contributed by atoms with Crippen LogP contribution in [0.15, 0.2) is 0 Å². The second-order valence-corrected chi connectivity index (χ2v) is 5.09. The van der Waals surface area contributed by atoms with Gasteiger partial charge in [0, 0.05) is 31.5 Å². The largest absolute Gasteiger partial charge is 0.377 e. The highest BCUT2D eigenvalue weighted by Crippen LogP contribution is 2.21. The first-order valence-corrected chi connectivity index (χ1v) is 6.65. The SMILES string of the molecule is Cc1nn(C)c(C)c1C(NCC1CCCO1)C(N)=O. The normalized spacial score (nSPS) is 20.7. The van der Waals surface area contributed by atoms with E-state index in [2.05, 4.69) is 10.4 Å². The molecule has 2 atom stereocenters. The van der Waals surface area contributed by atoms with E-state index >= 15 is 0 Å². The van der Waals surface area contributed by atoms with E-state index in [0.29, 0.717) is 6.54 Å². The lowest BCUT2D eigenvalue weighted by Gasteiger charge is -2.18. The highest BCUT2D eigenvalue weighted by Gasteiger charge is 2.26. The number of aromatic nitrogens is 2. The minimum absolute atomic E-state index is 0.180. The average Bonchev–Trinajstić information content (AvgIpc) is 2.92. The number of amides is 1. The van der Waals surface area contributed by atoms with Crippen LogP contribution in [0.2, 0.25) is 0 Å². The van der Waals surface area contributed by atoms with Crippen LogP contribution in [0.1, 0.15) is 35.8 Å². The molecule has 6 nitrogen and oxygen atoms in total. The molecule has 0 aromatic carbocycles. The molecular weight excluding hydrogens is 244 g/mol. The van der Waals surface area contributed by atoms with Crippen LogP contribution in [0.5, 0.6) is 0 Å². The van der Waals surface area contributed by atoms with Gasteiger partial charge in [-0.1, -0.05) is 0 Å². The molecule has 0 bridgehead atoms. The first-order valence-electron chi connectivity index (χ1n) is 6.65. The molecule has 2 unspecified atom stereocenters. The summed E-state index contributed by atoms with van der Waals surface area (Å²) in [5.74, 6) is -0.378. The van der Waals surface area contributed by atoms with Crippen LogP contribution >= 0.6 is 0 Å². The highest BCUT2D eigenvalue weighted by atomic mass is 16.5. The number of nitrogens with one attached hydrogen (secondary N) is 1. The molecule has 2 rings (SSSR count). The van der Waals surface area contributed by atoms with Crippen molar-refractivity contribution in [2.24, 2.45) is 12.8 Å². The standard InChI is InChI=1S/C13H22N4O2/c1-8-11(9(2)17(3)16-8)12(13(14)18)15-7-10-5-4-6-19-10/h10,12,15H,4-7H2,1-3H3,(H2,14,18). The van der Waals surface area contributed by atoms with E-state index in [1.54, 1.807) is 4.68 Å². The van der Waals surface area contributed by atoms with Crippen molar-refractivity contribution >= 4 is 5.91 Å². The first kappa shape index (κ1) is 14.0. The van der Waals surface area contributed by atoms with E-state index in [0.717, 1.165) is 36.4 Å². The number of ether oxygens (including phenoxy) is 1. The van der Waals surface area contributed by atoms with Crippen LogP contribution in [0, 0.1) is 13.8 Å². The van der Waals surface area contributed by atoms with Crippen LogP contribution in [0.25, 0.3) is 0 Å². The van der Waals surface area contributed by atoms with Crippen LogP contribution < -0.4 is 11.1 Å². The van der Waals surface area contributed by atoms with Gasteiger partial charge in [0.1, 0.15) is 6.04 Å². The summed E-state index contributed by atoms with van der Waals surface area (Å²) < 4.78 is 7.32. The van der Waals surface area contributed by atoms with Crippen molar-refractivity contribution in [3.05, 3.63) is 17.0 Å². The summed E-state index contributed by atoms with van der Waals surface area (Å²) in [5, 5.41) is 7.55. The van der Waals surface area contributed by atoms with Gasteiger partial charge >= 0.3 is 0 Å². The van der Waals surface area contributed by atoms with Gasteiger partial charge in [-0.15, -0.1) is 0 Å². The zero-order valence-corrected chi connectivity index (χ0v) is 11.8. The summed E-state index contributed by atoms with van der Waals surface area (Å²) in [4.78, 5) is 11.7. The number of rotatable bonds is 5. The zero-order chi connectivity index (χ0) is 14.0. The van der Waals surface area contributed by atoms with E-state index in [4.69, 9.17) is 10.5 Å². The van der Waals surface area contributed by atoms with Crippen molar-refractivity contribution in [2.75, 3.05) is 13.2 Å². The number of aryl methyl sites for hydroxylation is 2. The third-order valence-corrected chi connectivity index (χ3v) is 3.71. The number of nitrogens with zero attached hydrogens (tertiary/aromatic N) is 2. The van der Waals surface area contributed by atoms with Crippen LogP contribution in [-0.2, 0) is 16.6 Å². The predicted molar refractivity (Wildman–Crippen MR) is 71.6 cm³/mol. The molecule has 1 saturated heterocycles. The van der Waals surface area contributed by atoms with E-state index in [1.165, 1.54) is 0 Å². The quantitative estimate of drug-likeness (QED) is 0.804. The molecule has 0 saturated carbocycles. The Morgan fingerprint density at radius 1 is 1.63 bits per heavy atom. The van der Waals surface area contributed by atoms with E-state index in [1.807, 2.05) is 20.9 Å². The summed E-state index contributed by atoms with van der Waals surface area (Å²) in [6.07, 6.45) is 2.29. The number of carbonyl (C=O) groups is 1. The van der Waals surface area contributed by atoms with Crippen LogP contribution in [0.4, 0.5) is 0 Å². The van der Waals surface area contributed by atoms with Gasteiger partial charge in [0.15, 0.2) is 0 Å². The summed E-state index contributed by atoms with van der Waals surface area (Å²) in [7, 11) is 1.87. The number of primary amides is 1. The second kappa shape index (κ2) is 5.71. The monoisotopic (exact) mass is 266 g/mol. The van der Waals surface area contributed by atoms with E-state index < -0.39 is 6.04 Å². The fraction of sp³-hybridized carbons (Fsp3) is 0.692. The number of hydrogen-bond donors (Lipinski definition) is 2. The molecule has 3 N–H and O–H groups in total. The summed E-state index contributed by atoms with van der Waals surface area (Å²) >= 11 is 0. The molecule has 6 heteroatoms. The number of carbonyl (C=O) groups excluding carboxylic acids is 1. The average molecular weight is 266 g/mol. The maximum absolute atomic E-state index is 11.7. The second-order valence-electron chi connectivity index (χ2n) is 5.09. The maximum atomic E-state index is 11.7. The zero-order valence-electron chi connectivity index (χ0n) is 11.8. The highest BCUT2D eigenvalue weighted by molar-refractivity contribution is 5.82. The smallest absolute Gasteiger partial charge is 0.239 e. The van der Waals surface area contributed by atoms with Gasteiger partial charge in [-0.25, -0.2) is 0 Å². The van der Waals surface area contributed by atoms with Gasteiger partial charge in [-0.3, -0.25) is 14.8 Å². The van der Waals surface area contributed by atoms with Crippen molar-refractivity contribution < 1.29 is 9.53 Å². The Morgan fingerprint density at radius 2 is 2.37 bits per heavy atom. The number of hydrogen-bond acceptors (Lipinski definition) is 4. The molecule has 1 fully saturated rings. The van der Waals surface area contributed by atoms with Crippen molar-refractivity contribution in [3.8, 4) is 0 Å². The topological polar surface area (TPSA) is 82.2 Å². The van der Waals surface area contributed by atoms with Gasteiger partial charge in [0.05, 0.1) is 11.8 Å². The van der Waals surface area contributed by atoms with E-state index in [9.17, 15) is 4.79 Å². The molecule has 1 aromatic heterocycles. The van der Waals surface area contributed by atoms with Gasteiger partial charge in [0.25, 0.3) is 0 Å². The summed E-state index contributed by atoms with van der Waals surface area (Å²) in [5.41, 5.74) is 8.20. The Hall–Kier alpha value is -1.40. The lowest BCUT2D eigenvalue weighted by Crippen LogP contribution is -2.38. The molecule has 0 aliphatic carbocycles. The van der Waals surface area contributed by atoms with Crippen LogP contribution in [-0.4, -0.2) is 34.9 Å². The Morgan fingerprint density at radius 3 is 2.84 bits per heavy atom. The molecule has 19 heavy (non-hydrogen) atoms. The summed E-state index contributed by atoms with van der Waals surface area (Å²) in [6.45, 7) is 5.28. The van der Waals surface area contributed by atoms with Crippen molar-refractivity contribution in [1.82, 2.24) is 15.1 Å². The third kappa shape index (κ3) is 2.96. The maximum Gasteiger partial charge on any atom is 0.239 e. The molecule has 0 spiro atoms. The molecule has 1 amide bonds. The van der Waals surface area contributed by atoms with Crippen molar-refractivity contribution in [1.29, 1.82) is 0 Å². The Bertz CT molecular complexity index is 463. The molecular formula is C13H22N4O2. The Kier molecular flexibility index (Phi) is 4.21. The van der Waals surface area contributed by atoms with Gasteiger partial charge in [-0.05, 0) is 26.7 Å². The van der Waals surface area contributed by atoms with Gasteiger partial charge < -0.3 is 10.5 Å². The van der Waals surface area contributed by atoms with E-state index in [-0.39, 0.29) is 12.0 Å². The van der Waals surface area contributed by atoms with Gasteiger partial charge in [0.2, 0.25) is 5.91 Å². The molecule has 106 valence electrons. The third-order valence-electron chi connectivity index (χ3n) is 3.71. The lowest BCUT2D eigenvalue weighted by atomic mass is 10.0. The number of nitrogens with two attached hydrogens (primary N) is 1. The molecule has 1 aliphatic rings. The van der Waals surface area contributed by atoms with Crippen LogP contribution in [0.3, 0.4) is 0 Å². The van der Waals surface area contributed by atoms with Gasteiger partial charge in [-0.2, -0.15) is 5.10 Å². The molecule has 0 radical (unpaired) electrons. The summed E-state index contributed by atoms with van der Waals surface area (Å²) in [6, 6.07) is -0.502.